The zero-order chi connectivity index (χ0) is 20.1. The first-order chi connectivity index (χ1) is 14.2. The smallest absolute Gasteiger partial charge is 0.222 e. The lowest BCUT2D eigenvalue weighted by Gasteiger charge is -2.33. The molecule has 5 nitrogen and oxygen atoms in total. The fourth-order valence-corrected chi connectivity index (χ4v) is 3.47. The van der Waals surface area contributed by atoms with Crippen molar-refractivity contribution in [3.05, 3.63) is 78.1 Å². The summed E-state index contributed by atoms with van der Waals surface area (Å²) in [5, 5.41) is 0. The van der Waals surface area contributed by atoms with Crippen LogP contribution in [-0.2, 0) is 16.0 Å². The van der Waals surface area contributed by atoms with Gasteiger partial charge in [-0.15, -0.1) is 0 Å². The van der Waals surface area contributed by atoms with Crippen LogP contribution in [0.1, 0.15) is 30.4 Å². The number of rotatable bonds is 6. The Morgan fingerprint density at radius 2 is 1.93 bits per heavy atom. The maximum atomic E-state index is 13.1. The van der Waals surface area contributed by atoms with Gasteiger partial charge < -0.3 is 14.1 Å². The van der Waals surface area contributed by atoms with Crippen molar-refractivity contribution in [3.8, 4) is 11.3 Å². The second kappa shape index (κ2) is 9.01. The third-order valence-corrected chi connectivity index (χ3v) is 5.05. The third-order valence-electron chi connectivity index (χ3n) is 5.05. The minimum Gasteiger partial charge on any atom is -0.441 e. The van der Waals surface area contributed by atoms with E-state index in [1.807, 2.05) is 35.2 Å². The molecular formula is C23H23FN2O3. The fourth-order valence-electron chi connectivity index (χ4n) is 3.47. The highest BCUT2D eigenvalue weighted by atomic mass is 19.1. The zero-order valence-electron chi connectivity index (χ0n) is 16.1. The highest BCUT2D eigenvalue weighted by molar-refractivity contribution is 5.76. The molecule has 0 N–H and O–H groups in total. The molecule has 1 amide bonds. The zero-order valence-corrected chi connectivity index (χ0v) is 16.1. The van der Waals surface area contributed by atoms with Gasteiger partial charge in [-0.25, -0.2) is 9.37 Å². The van der Waals surface area contributed by atoms with Gasteiger partial charge >= 0.3 is 0 Å². The molecule has 6 heteroatoms. The predicted octanol–water partition coefficient (Wildman–Crippen LogP) is 4.40. The number of amides is 1. The summed E-state index contributed by atoms with van der Waals surface area (Å²) in [5.41, 5.74) is 1.87. The van der Waals surface area contributed by atoms with Crippen LogP contribution in [0.15, 0.2) is 65.2 Å². The molecule has 0 saturated carbocycles. The Bertz CT molecular complexity index is 940. The largest absolute Gasteiger partial charge is 0.441 e. The van der Waals surface area contributed by atoms with Crippen LogP contribution in [0, 0.1) is 5.82 Å². The Labute approximate surface area is 169 Å². The quantitative estimate of drug-likeness (QED) is 0.622. The molecule has 0 spiro atoms. The van der Waals surface area contributed by atoms with Crippen molar-refractivity contribution in [2.24, 2.45) is 0 Å². The van der Waals surface area contributed by atoms with Gasteiger partial charge in [0.2, 0.25) is 5.91 Å². The van der Waals surface area contributed by atoms with Gasteiger partial charge in [0.25, 0.3) is 0 Å². The van der Waals surface area contributed by atoms with E-state index in [1.165, 1.54) is 12.1 Å². The Kier molecular flexibility index (Phi) is 6.00. The number of hydrogen-bond donors (Lipinski definition) is 0. The molecule has 4 rings (SSSR count). The van der Waals surface area contributed by atoms with Crippen LogP contribution in [0.2, 0.25) is 0 Å². The summed E-state index contributed by atoms with van der Waals surface area (Å²) in [6.07, 6.45) is 3.23. The summed E-state index contributed by atoms with van der Waals surface area (Å²) in [5.74, 6) is 1.19. The predicted molar refractivity (Wildman–Crippen MR) is 107 cm³/mol. The average molecular weight is 394 g/mol. The van der Waals surface area contributed by atoms with Crippen LogP contribution in [-0.4, -0.2) is 35.5 Å². The second-order valence-corrected chi connectivity index (χ2v) is 7.09. The van der Waals surface area contributed by atoms with E-state index in [9.17, 15) is 9.18 Å². The van der Waals surface area contributed by atoms with E-state index < -0.39 is 0 Å². The molecule has 0 bridgehead atoms. The van der Waals surface area contributed by atoms with Gasteiger partial charge in [-0.3, -0.25) is 4.79 Å². The summed E-state index contributed by atoms with van der Waals surface area (Å²) in [4.78, 5) is 18.7. The van der Waals surface area contributed by atoms with E-state index in [0.717, 1.165) is 16.9 Å². The van der Waals surface area contributed by atoms with Crippen LogP contribution in [0.4, 0.5) is 4.39 Å². The highest BCUT2D eigenvalue weighted by Gasteiger charge is 2.25. The molecule has 1 fully saturated rings. The van der Waals surface area contributed by atoms with Gasteiger partial charge in [0, 0.05) is 24.9 Å². The van der Waals surface area contributed by atoms with Crippen molar-refractivity contribution < 1.29 is 18.3 Å². The lowest BCUT2D eigenvalue weighted by atomic mass is 10.1. The van der Waals surface area contributed by atoms with E-state index in [-0.39, 0.29) is 17.8 Å². The molecule has 1 saturated heterocycles. The molecule has 29 heavy (non-hydrogen) atoms. The minimum absolute atomic E-state index is 0.0928. The van der Waals surface area contributed by atoms with Crippen LogP contribution in [0.25, 0.3) is 11.3 Å². The number of halogens is 1. The molecule has 1 atom stereocenters. The van der Waals surface area contributed by atoms with Gasteiger partial charge in [0.1, 0.15) is 11.9 Å². The first-order valence-corrected chi connectivity index (χ1v) is 9.84. The molecule has 3 aromatic rings. The van der Waals surface area contributed by atoms with Crippen molar-refractivity contribution in [2.75, 3.05) is 19.7 Å². The van der Waals surface area contributed by atoms with Gasteiger partial charge in [0.05, 0.1) is 19.3 Å². The average Bonchev–Trinajstić information content (AvgIpc) is 3.24. The number of morpholine rings is 1. The number of carbonyl (C=O) groups excluding carboxylic acids is 1. The number of ether oxygens (including phenoxy) is 1. The fraction of sp³-hybridized carbons (Fsp3) is 0.304. The maximum Gasteiger partial charge on any atom is 0.222 e. The van der Waals surface area contributed by atoms with Crippen molar-refractivity contribution in [1.29, 1.82) is 0 Å². The standard InChI is InChI=1S/C23H23FN2O3/c24-19-11-9-18(10-12-19)21-16-26(13-14-28-21)23(27)8-4-7-22-25-15-20(29-22)17-5-2-1-3-6-17/h1-3,5-6,9-12,15,21H,4,7-8,13-14,16H2/t21-/m1/s1. The normalized spacial score (nSPS) is 16.7. The molecule has 1 aromatic heterocycles. The van der Waals surface area contributed by atoms with Crippen molar-refractivity contribution >= 4 is 5.91 Å². The van der Waals surface area contributed by atoms with Crippen molar-refractivity contribution in [1.82, 2.24) is 9.88 Å². The van der Waals surface area contributed by atoms with Gasteiger partial charge in [0.15, 0.2) is 11.7 Å². The minimum atomic E-state index is -0.278. The Hall–Kier alpha value is -2.99. The topological polar surface area (TPSA) is 55.6 Å². The third kappa shape index (κ3) is 4.90. The van der Waals surface area contributed by atoms with Gasteiger partial charge in [-0.05, 0) is 24.1 Å². The second-order valence-electron chi connectivity index (χ2n) is 7.09. The molecule has 0 unspecified atom stereocenters. The van der Waals surface area contributed by atoms with Crippen molar-refractivity contribution in [2.45, 2.75) is 25.4 Å². The van der Waals surface area contributed by atoms with Crippen LogP contribution >= 0.6 is 0 Å². The molecule has 1 aliphatic heterocycles. The maximum absolute atomic E-state index is 13.1. The molecule has 2 aromatic carbocycles. The summed E-state index contributed by atoms with van der Waals surface area (Å²) >= 11 is 0. The number of aryl methyl sites for hydroxylation is 1. The van der Waals surface area contributed by atoms with E-state index >= 15 is 0 Å². The monoisotopic (exact) mass is 394 g/mol. The number of carbonyl (C=O) groups is 1. The van der Waals surface area contributed by atoms with E-state index in [0.29, 0.717) is 44.8 Å². The summed E-state index contributed by atoms with van der Waals surface area (Å²) in [6.45, 7) is 1.54. The van der Waals surface area contributed by atoms with Crippen LogP contribution in [0.5, 0.6) is 0 Å². The Morgan fingerprint density at radius 3 is 2.72 bits per heavy atom. The molecule has 1 aliphatic rings. The molecule has 0 radical (unpaired) electrons. The number of benzene rings is 2. The van der Waals surface area contributed by atoms with Crippen LogP contribution < -0.4 is 0 Å². The number of aromatic nitrogens is 1. The van der Waals surface area contributed by atoms with E-state index in [2.05, 4.69) is 4.98 Å². The Morgan fingerprint density at radius 1 is 1.14 bits per heavy atom. The lowest BCUT2D eigenvalue weighted by molar-refractivity contribution is -0.139. The van der Waals surface area contributed by atoms with Gasteiger partial charge in [-0.1, -0.05) is 42.5 Å². The van der Waals surface area contributed by atoms with Crippen LogP contribution in [0.3, 0.4) is 0 Å². The van der Waals surface area contributed by atoms with E-state index in [1.54, 1.807) is 18.3 Å². The Balaban J connectivity index is 1.27. The first kappa shape index (κ1) is 19.3. The number of oxazole rings is 1. The lowest BCUT2D eigenvalue weighted by Crippen LogP contribution is -2.42. The number of hydrogen-bond acceptors (Lipinski definition) is 4. The summed E-state index contributed by atoms with van der Waals surface area (Å²) in [6, 6.07) is 16.1. The van der Waals surface area contributed by atoms with E-state index in [4.69, 9.17) is 9.15 Å². The molecule has 0 aliphatic carbocycles. The van der Waals surface area contributed by atoms with Gasteiger partial charge in [-0.2, -0.15) is 0 Å². The molecular weight excluding hydrogens is 371 g/mol. The summed E-state index contributed by atoms with van der Waals surface area (Å²) < 4.78 is 24.7. The SMILES string of the molecule is O=C(CCCc1ncc(-c2ccccc2)o1)N1CCO[C@@H](c2ccc(F)cc2)C1. The molecule has 2 heterocycles. The van der Waals surface area contributed by atoms with Crippen molar-refractivity contribution in [3.63, 3.8) is 0 Å². The first-order valence-electron chi connectivity index (χ1n) is 9.84. The number of nitrogens with zero attached hydrogens (tertiary/aromatic N) is 2. The highest BCUT2D eigenvalue weighted by Crippen LogP contribution is 2.24. The molecule has 150 valence electrons. The summed E-state index contributed by atoms with van der Waals surface area (Å²) in [7, 11) is 0.